The number of carbonyl (C=O) groups is 1. The Kier molecular flexibility index (Phi) is 5.56. The van der Waals surface area contributed by atoms with Crippen LogP contribution in [0.3, 0.4) is 0 Å². The first-order chi connectivity index (χ1) is 11.3. The molecule has 1 aliphatic carbocycles. The Morgan fingerprint density at radius 2 is 1.39 bits per heavy atom. The lowest BCUT2D eigenvalue weighted by Gasteiger charge is -2.30. The lowest BCUT2D eigenvalue weighted by Crippen LogP contribution is -2.41. The van der Waals surface area contributed by atoms with Crippen LogP contribution >= 0.6 is 0 Å². The number of ether oxygens (including phenoxy) is 2. The summed E-state index contributed by atoms with van der Waals surface area (Å²) in [5.41, 5.74) is 2.19. The summed E-state index contributed by atoms with van der Waals surface area (Å²) in [6.07, 6.45) is 1.74. The van der Waals surface area contributed by atoms with Crippen LogP contribution in [0.2, 0.25) is 0 Å². The molecule has 0 N–H and O–H groups in total. The quantitative estimate of drug-likeness (QED) is 0.811. The van der Waals surface area contributed by atoms with Gasteiger partial charge in [0, 0.05) is 6.42 Å². The van der Waals surface area contributed by atoms with E-state index in [1.807, 2.05) is 60.7 Å². The van der Waals surface area contributed by atoms with E-state index in [0.29, 0.717) is 19.6 Å². The number of ketones is 1. The van der Waals surface area contributed by atoms with Crippen molar-refractivity contribution in [2.75, 3.05) is 0 Å². The highest BCUT2D eigenvalue weighted by Crippen LogP contribution is 2.23. The fraction of sp³-hybridized carbons (Fsp3) is 0.350. The van der Waals surface area contributed by atoms with Gasteiger partial charge in [0.1, 0.15) is 6.10 Å². The number of rotatable bonds is 6. The molecule has 0 saturated heterocycles. The summed E-state index contributed by atoms with van der Waals surface area (Å²) < 4.78 is 11.9. The first-order valence-electron chi connectivity index (χ1n) is 8.17. The Morgan fingerprint density at radius 1 is 0.826 bits per heavy atom. The van der Waals surface area contributed by atoms with Crippen molar-refractivity contribution >= 4 is 5.78 Å². The van der Waals surface area contributed by atoms with Gasteiger partial charge in [-0.15, -0.1) is 0 Å². The summed E-state index contributed by atoms with van der Waals surface area (Å²) in [5.74, 6) is 0.158. The molecule has 0 unspecified atom stereocenters. The maximum atomic E-state index is 12.2. The Labute approximate surface area is 137 Å². The van der Waals surface area contributed by atoms with Crippen LogP contribution in [-0.2, 0) is 27.5 Å². The summed E-state index contributed by atoms with van der Waals surface area (Å²) in [5, 5.41) is 0. The minimum absolute atomic E-state index is 0.153. The molecule has 1 saturated carbocycles. The average molecular weight is 310 g/mol. The minimum atomic E-state index is -0.451. The van der Waals surface area contributed by atoms with Crippen LogP contribution in [0.4, 0.5) is 0 Å². The van der Waals surface area contributed by atoms with Crippen LogP contribution in [0, 0.1) is 0 Å². The zero-order chi connectivity index (χ0) is 15.9. The van der Waals surface area contributed by atoms with Crippen molar-refractivity contribution < 1.29 is 14.3 Å². The predicted molar refractivity (Wildman–Crippen MR) is 88.9 cm³/mol. The molecule has 0 bridgehead atoms. The summed E-state index contributed by atoms with van der Waals surface area (Å²) >= 11 is 0. The van der Waals surface area contributed by atoms with E-state index >= 15 is 0 Å². The van der Waals surface area contributed by atoms with Crippen molar-refractivity contribution in [3.05, 3.63) is 71.8 Å². The monoisotopic (exact) mass is 310 g/mol. The molecule has 2 atom stereocenters. The second kappa shape index (κ2) is 8.04. The summed E-state index contributed by atoms with van der Waals surface area (Å²) in [7, 11) is 0. The molecule has 0 aromatic heterocycles. The number of benzene rings is 2. The first kappa shape index (κ1) is 15.9. The topological polar surface area (TPSA) is 35.5 Å². The smallest absolute Gasteiger partial charge is 0.164 e. The Morgan fingerprint density at radius 3 is 2.00 bits per heavy atom. The highest BCUT2D eigenvalue weighted by Gasteiger charge is 2.33. The molecule has 1 aliphatic rings. The molecule has 0 amide bonds. The van der Waals surface area contributed by atoms with Crippen LogP contribution in [-0.4, -0.2) is 18.0 Å². The van der Waals surface area contributed by atoms with E-state index < -0.39 is 6.10 Å². The Bertz CT molecular complexity index is 609. The summed E-state index contributed by atoms with van der Waals surface area (Å²) in [6.45, 7) is 0.965. The van der Waals surface area contributed by atoms with Gasteiger partial charge in [0.25, 0.3) is 0 Å². The largest absolute Gasteiger partial charge is 0.370 e. The molecule has 0 heterocycles. The van der Waals surface area contributed by atoms with E-state index in [4.69, 9.17) is 9.47 Å². The summed E-state index contributed by atoms with van der Waals surface area (Å²) in [4.78, 5) is 12.2. The molecule has 23 heavy (non-hydrogen) atoms. The standard InChI is InChI=1S/C20H22O3/c21-18-12-7-13-19(22-14-16-8-3-1-4-9-16)20(18)23-15-17-10-5-2-6-11-17/h1-6,8-11,19-20H,7,12-15H2/t19-,20-/m1/s1. The van der Waals surface area contributed by atoms with E-state index in [9.17, 15) is 4.79 Å². The van der Waals surface area contributed by atoms with Crippen molar-refractivity contribution in [1.82, 2.24) is 0 Å². The second-order valence-corrected chi connectivity index (χ2v) is 5.91. The molecule has 1 fully saturated rings. The molecule has 120 valence electrons. The van der Waals surface area contributed by atoms with E-state index in [1.165, 1.54) is 0 Å². The van der Waals surface area contributed by atoms with E-state index in [2.05, 4.69) is 0 Å². The lowest BCUT2D eigenvalue weighted by atomic mass is 9.93. The third kappa shape index (κ3) is 4.50. The van der Waals surface area contributed by atoms with Crippen LogP contribution in [0.25, 0.3) is 0 Å². The van der Waals surface area contributed by atoms with E-state index in [-0.39, 0.29) is 11.9 Å². The van der Waals surface area contributed by atoms with Crippen molar-refractivity contribution in [3.63, 3.8) is 0 Å². The van der Waals surface area contributed by atoms with Crippen LogP contribution in [0.5, 0.6) is 0 Å². The Hall–Kier alpha value is -1.97. The molecule has 3 heteroatoms. The maximum Gasteiger partial charge on any atom is 0.164 e. The maximum absolute atomic E-state index is 12.2. The lowest BCUT2D eigenvalue weighted by molar-refractivity contribution is -0.151. The van der Waals surface area contributed by atoms with Gasteiger partial charge < -0.3 is 9.47 Å². The number of Topliss-reactive ketones (excluding diaryl/α,β-unsaturated/α-hetero) is 1. The molecule has 3 nitrogen and oxygen atoms in total. The van der Waals surface area contributed by atoms with Crippen LogP contribution in [0.1, 0.15) is 30.4 Å². The van der Waals surface area contributed by atoms with Gasteiger partial charge in [-0.25, -0.2) is 0 Å². The zero-order valence-electron chi connectivity index (χ0n) is 13.2. The third-order valence-corrected chi connectivity index (χ3v) is 4.15. The molecular formula is C20H22O3. The van der Waals surface area contributed by atoms with Crippen molar-refractivity contribution in [1.29, 1.82) is 0 Å². The van der Waals surface area contributed by atoms with E-state index in [0.717, 1.165) is 24.0 Å². The highest BCUT2D eigenvalue weighted by molar-refractivity contribution is 5.84. The SMILES string of the molecule is O=C1CCC[C@@H](OCc2ccccc2)[C@@H]1OCc1ccccc1. The van der Waals surface area contributed by atoms with Crippen LogP contribution < -0.4 is 0 Å². The average Bonchev–Trinajstić information content (AvgIpc) is 2.61. The molecule has 0 aliphatic heterocycles. The van der Waals surface area contributed by atoms with Crippen LogP contribution in [0.15, 0.2) is 60.7 Å². The van der Waals surface area contributed by atoms with Gasteiger partial charge in [-0.05, 0) is 24.0 Å². The fourth-order valence-corrected chi connectivity index (χ4v) is 2.89. The van der Waals surface area contributed by atoms with Gasteiger partial charge in [-0.1, -0.05) is 60.7 Å². The molecule has 2 aromatic carbocycles. The highest BCUT2D eigenvalue weighted by atomic mass is 16.5. The minimum Gasteiger partial charge on any atom is -0.370 e. The molecular weight excluding hydrogens is 288 g/mol. The number of hydrogen-bond acceptors (Lipinski definition) is 3. The van der Waals surface area contributed by atoms with Gasteiger partial charge >= 0.3 is 0 Å². The molecule has 2 aromatic rings. The second-order valence-electron chi connectivity index (χ2n) is 5.91. The van der Waals surface area contributed by atoms with Crippen molar-refractivity contribution in [2.45, 2.75) is 44.7 Å². The van der Waals surface area contributed by atoms with Crippen molar-refractivity contribution in [3.8, 4) is 0 Å². The first-order valence-corrected chi connectivity index (χ1v) is 8.17. The van der Waals surface area contributed by atoms with Gasteiger partial charge in [-0.3, -0.25) is 4.79 Å². The van der Waals surface area contributed by atoms with Crippen molar-refractivity contribution in [2.24, 2.45) is 0 Å². The normalized spacial score (nSPS) is 21.3. The van der Waals surface area contributed by atoms with Gasteiger partial charge in [0.2, 0.25) is 0 Å². The third-order valence-electron chi connectivity index (χ3n) is 4.15. The Balaban J connectivity index is 1.59. The number of carbonyl (C=O) groups excluding carboxylic acids is 1. The molecule has 0 spiro atoms. The van der Waals surface area contributed by atoms with Gasteiger partial charge in [-0.2, -0.15) is 0 Å². The van der Waals surface area contributed by atoms with Gasteiger partial charge in [0.05, 0.1) is 19.3 Å². The predicted octanol–water partition coefficient (Wildman–Crippen LogP) is 3.91. The zero-order valence-corrected chi connectivity index (χ0v) is 13.2. The summed E-state index contributed by atoms with van der Waals surface area (Å²) in [6, 6.07) is 20.0. The molecule has 3 rings (SSSR count). The van der Waals surface area contributed by atoms with Gasteiger partial charge in [0.15, 0.2) is 5.78 Å². The number of hydrogen-bond donors (Lipinski definition) is 0. The molecule has 0 radical (unpaired) electrons. The fourth-order valence-electron chi connectivity index (χ4n) is 2.89. The van der Waals surface area contributed by atoms with E-state index in [1.54, 1.807) is 0 Å².